The van der Waals surface area contributed by atoms with Crippen LogP contribution >= 0.6 is 0 Å². The fourth-order valence-electron chi connectivity index (χ4n) is 2.74. The van der Waals surface area contributed by atoms with E-state index in [0.29, 0.717) is 16.9 Å². The Bertz CT molecular complexity index is 1120. The molecule has 9 nitrogen and oxygen atoms in total. The van der Waals surface area contributed by atoms with Crippen molar-refractivity contribution in [2.75, 3.05) is 10.2 Å². The molecule has 0 radical (unpaired) electrons. The van der Waals surface area contributed by atoms with E-state index in [4.69, 9.17) is 4.74 Å². The molecule has 0 saturated carbocycles. The summed E-state index contributed by atoms with van der Waals surface area (Å²) < 4.78 is 5.59. The maximum Gasteiger partial charge on any atom is 0.425 e. The number of H-pyrrole nitrogens is 1. The lowest BCUT2D eigenvalue weighted by atomic mass is 10.2. The number of rotatable bonds is 4. The largest absolute Gasteiger partial charge is 0.425 e. The van der Waals surface area contributed by atoms with Gasteiger partial charge in [-0.05, 0) is 24.3 Å². The third kappa shape index (κ3) is 3.88. The van der Waals surface area contributed by atoms with E-state index >= 15 is 0 Å². The molecule has 4 rings (SSSR count). The van der Waals surface area contributed by atoms with Gasteiger partial charge >= 0.3 is 6.09 Å². The number of aromatic amines is 1. The van der Waals surface area contributed by atoms with Crippen molar-refractivity contribution < 1.29 is 14.3 Å². The lowest BCUT2D eigenvalue weighted by Crippen LogP contribution is -2.29. The molecule has 2 heterocycles. The normalized spacial score (nSPS) is 10.5. The first kappa shape index (κ1) is 18.1. The number of anilines is 3. The molecule has 0 saturated heterocycles. The Morgan fingerprint density at radius 3 is 2.17 bits per heavy atom. The molecule has 144 valence electrons. The summed E-state index contributed by atoms with van der Waals surface area (Å²) in [4.78, 5) is 41.1. The predicted molar refractivity (Wildman–Crippen MR) is 107 cm³/mol. The zero-order valence-electron chi connectivity index (χ0n) is 15.4. The lowest BCUT2D eigenvalue weighted by Gasteiger charge is -2.22. The van der Waals surface area contributed by atoms with E-state index < -0.39 is 6.09 Å². The number of ether oxygens (including phenoxy) is 1. The summed E-state index contributed by atoms with van der Waals surface area (Å²) in [5, 5.41) is 2.47. The molecule has 4 aromatic rings. The summed E-state index contributed by atoms with van der Waals surface area (Å²) in [6.45, 7) is 1.33. The molecular weight excluding hydrogens is 372 g/mol. The first-order valence-corrected chi connectivity index (χ1v) is 8.72. The molecular formula is C20H16N6O3. The summed E-state index contributed by atoms with van der Waals surface area (Å²) in [5.74, 6) is -0.406. The van der Waals surface area contributed by atoms with Crippen molar-refractivity contribution >= 4 is 40.5 Å². The number of aromatic nitrogens is 4. The number of nitrogens with one attached hydrogen (secondary N) is 2. The average molecular weight is 388 g/mol. The van der Waals surface area contributed by atoms with Crippen LogP contribution in [0.1, 0.15) is 6.92 Å². The van der Waals surface area contributed by atoms with E-state index in [-0.39, 0.29) is 23.4 Å². The summed E-state index contributed by atoms with van der Waals surface area (Å²) >= 11 is 0. The van der Waals surface area contributed by atoms with Gasteiger partial charge in [0.15, 0.2) is 5.65 Å². The second-order valence-corrected chi connectivity index (χ2v) is 6.01. The number of imidazole rings is 1. The van der Waals surface area contributed by atoms with Gasteiger partial charge < -0.3 is 9.72 Å². The zero-order chi connectivity index (χ0) is 20.2. The van der Waals surface area contributed by atoms with Crippen LogP contribution in [-0.4, -0.2) is 31.9 Å². The van der Waals surface area contributed by atoms with Crippen LogP contribution in [0.15, 0.2) is 67.0 Å². The molecule has 0 bridgehead atoms. The van der Waals surface area contributed by atoms with Crippen LogP contribution in [-0.2, 0) is 4.79 Å². The minimum absolute atomic E-state index is 0.00845. The Labute approximate surface area is 165 Å². The number of hydrogen-bond acceptors (Lipinski definition) is 6. The highest BCUT2D eigenvalue weighted by Gasteiger charge is 2.23. The number of hydrogen-bond donors (Lipinski definition) is 2. The number of carbonyl (C=O) groups excluding carboxylic acids is 2. The van der Waals surface area contributed by atoms with Gasteiger partial charge in [0.1, 0.15) is 5.52 Å². The monoisotopic (exact) mass is 388 g/mol. The van der Waals surface area contributed by atoms with Crippen LogP contribution in [0.25, 0.3) is 11.2 Å². The molecule has 0 spiro atoms. The Hall–Kier alpha value is -4.27. The maximum absolute atomic E-state index is 13.1. The van der Waals surface area contributed by atoms with Gasteiger partial charge in [-0.15, -0.1) is 0 Å². The second-order valence-electron chi connectivity index (χ2n) is 6.01. The van der Waals surface area contributed by atoms with Crippen molar-refractivity contribution in [2.24, 2.45) is 0 Å². The molecule has 0 aliphatic rings. The fraction of sp³-hybridized carbons (Fsp3) is 0.0500. The van der Waals surface area contributed by atoms with Gasteiger partial charge in [-0.1, -0.05) is 36.4 Å². The van der Waals surface area contributed by atoms with Gasteiger partial charge in [-0.3, -0.25) is 10.1 Å². The van der Waals surface area contributed by atoms with Crippen LogP contribution in [0.5, 0.6) is 5.88 Å². The molecule has 2 N–H and O–H groups in total. The predicted octanol–water partition coefficient (Wildman–Crippen LogP) is 3.65. The van der Waals surface area contributed by atoms with E-state index in [1.54, 1.807) is 24.3 Å². The van der Waals surface area contributed by atoms with Crippen molar-refractivity contribution in [1.82, 2.24) is 19.9 Å². The first-order chi connectivity index (χ1) is 14.1. The fourth-order valence-corrected chi connectivity index (χ4v) is 2.74. The van der Waals surface area contributed by atoms with Crippen LogP contribution in [0.4, 0.5) is 22.1 Å². The van der Waals surface area contributed by atoms with Crippen molar-refractivity contribution in [3.05, 3.63) is 67.0 Å². The molecule has 9 heteroatoms. The SMILES string of the molecule is CC(=O)Nc1nc(OC(=O)N(c2ccccc2)c2ccccc2)c2[nH]cnc2n1. The summed E-state index contributed by atoms with van der Waals surface area (Å²) in [7, 11) is 0. The summed E-state index contributed by atoms with van der Waals surface area (Å²) in [5.41, 5.74) is 1.85. The summed E-state index contributed by atoms with van der Waals surface area (Å²) in [6, 6.07) is 18.2. The maximum atomic E-state index is 13.1. The molecule has 29 heavy (non-hydrogen) atoms. The topological polar surface area (TPSA) is 113 Å². The van der Waals surface area contributed by atoms with Crippen LogP contribution in [0.2, 0.25) is 0 Å². The van der Waals surface area contributed by atoms with Crippen molar-refractivity contribution in [2.45, 2.75) is 6.92 Å². The van der Waals surface area contributed by atoms with Crippen molar-refractivity contribution in [1.29, 1.82) is 0 Å². The molecule has 2 amide bonds. The minimum atomic E-state index is -0.675. The van der Waals surface area contributed by atoms with Gasteiger partial charge in [-0.2, -0.15) is 9.97 Å². The van der Waals surface area contributed by atoms with Gasteiger partial charge in [0, 0.05) is 6.92 Å². The van der Waals surface area contributed by atoms with E-state index in [2.05, 4.69) is 25.3 Å². The van der Waals surface area contributed by atoms with Crippen molar-refractivity contribution in [3.8, 4) is 5.88 Å². The van der Waals surface area contributed by atoms with Gasteiger partial charge in [-0.25, -0.2) is 14.7 Å². The average Bonchev–Trinajstić information content (AvgIpc) is 3.18. The molecule has 0 unspecified atom stereocenters. The number of para-hydroxylation sites is 2. The van der Waals surface area contributed by atoms with Crippen LogP contribution in [0.3, 0.4) is 0 Å². The summed E-state index contributed by atoms with van der Waals surface area (Å²) in [6.07, 6.45) is 0.728. The second kappa shape index (κ2) is 7.77. The number of fused-ring (bicyclic) bond motifs is 1. The Morgan fingerprint density at radius 1 is 0.966 bits per heavy atom. The highest BCUT2D eigenvalue weighted by molar-refractivity contribution is 5.98. The van der Waals surface area contributed by atoms with E-state index in [1.165, 1.54) is 18.2 Å². The third-order valence-corrected chi connectivity index (χ3v) is 3.94. The first-order valence-electron chi connectivity index (χ1n) is 8.72. The molecule has 0 aliphatic heterocycles. The van der Waals surface area contributed by atoms with Gasteiger partial charge in [0.2, 0.25) is 11.9 Å². The van der Waals surface area contributed by atoms with Gasteiger partial charge in [0.25, 0.3) is 5.88 Å². The zero-order valence-corrected chi connectivity index (χ0v) is 15.4. The van der Waals surface area contributed by atoms with Crippen LogP contribution in [0, 0.1) is 0 Å². The number of benzene rings is 2. The number of carbonyl (C=O) groups is 2. The van der Waals surface area contributed by atoms with Gasteiger partial charge in [0.05, 0.1) is 17.7 Å². The highest BCUT2D eigenvalue weighted by atomic mass is 16.6. The molecule has 0 aliphatic carbocycles. The lowest BCUT2D eigenvalue weighted by molar-refractivity contribution is -0.114. The number of nitrogens with zero attached hydrogens (tertiary/aromatic N) is 4. The molecule has 2 aromatic carbocycles. The van der Waals surface area contributed by atoms with Crippen LogP contribution < -0.4 is 15.0 Å². The highest BCUT2D eigenvalue weighted by Crippen LogP contribution is 2.28. The standard InChI is InChI=1S/C20H16N6O3/c1-13(27)23-19-24-17-16(21-12-22-17)18(25-19)29-20(28)26(14-8-4-2-5-9-14)15-10-6-3-7-11-15/h2-12H,1H3,(H2,21,22,23,24,25,27). The van der Waals surface area contributed by atoms with E-state index in [9.17, 15) is 9.59 Å². The molecule has 0 atom stereocenters. The minimum Gasteiger partial charge on any atom is -0.388 e. The number of amides is 2. The Kier molecular flexibility index (Phi) is 4.85. The Morgan fingerprint density at radius 2 is 1.59 bits per heavy atom. The molecule has 2 aromatic heterocycles. The van der Waals surface area contributed by atoms with E-state index in [0.717, 1.165) is 0 Å². The smallest absolute Gasteiger partial charge is 0.388 e. The Balaban J connectivity index is 1.73. The van der Waals surface area contributed by atoms with Crippen molar-refractivity contribution in [3.63, 3.8) is 0 Å². The third-order valence-electron chi connectivity index (χ3n) is 3.94. The molecule has 0 fully saturated rings. The van der Waals surface area contributed by atoms with E-state index in [1.807, 2.05) is 36.4 Å². The quantitative estimate of drug-likeness (QED) is 0.552.